The van der Waals surface area contributed by atoms with E-state index >= 15 is 0 Å². The number of para-hydroxylation sites is 1. The SMILES string of the molecule is O=C1Nc2ccccc2/C1=C/c1ccc2c(I)n[nH]c2c1. The van der Waals surface area contributed by atoms with Crippen molar-refractivity contribution in [2.24, 2.45) is 0 Å². The van der Waals surface area contributed by atoms with E-state index in [1.165, 1.54) is 0 Å². The van der Waals surface area contributed by atoms with Gasteiger partial charge in [-0.05, 0) is 52.4 Å². The maximum Gasteiger partial charge on any atom is 0.256 e. The third-order valence-electron chi connectivity index (χ3n) is 3.56. The molecule has 0 saturated heterocycles. The van der Waals surface area contributed by atoms with Crippen LogP contribution in [0.5, 0.6) is 0 Å². The standard InChI is InChI=1S/C16H10IN3O/c17-15-11-6-5-9(8-14(11)19-20-15)7-12-10-3-1-2-4-13(10)18-16(12)21/h1-8H,(H,18,21)(H,19,20)/b12-7-. The average molecular weight is 387 g/mol. The minimum atomic E-state index is -0.0597. The Kier molecular flexibility index (Phi) is 2.81. The second-order valence-electron chi connectivity index (χ2n) is 4.88. The summed E-state index contributed by atoms with van der Waals surface area (Å²) in [6, 6.07) is 13.7. The van der Waals surface area contributed by atoms with Crippen molar-refractivity contribution in [1.29, 1.82) is 0 Å². The molecule has 2 N–H and O–H groups in total. The fourth-order valence-electron chi connectivity index (χ4n) is 2.54. The lowest BCUT2D eigenvalue weighted by Gasteiger charge is -1.99. The second kappa shape index (κ2) is 4.70. The van der Waals surface area contributed by atoms with Gasteiger partial charge >= 0.3 is 0 Å². The highest BCUT2D eigenvalue weighted by molar-refractivity contribution is 14.1. The summed E-state index contributed by atoms with van der Waals surface area (Å²) in [5.74, 6) is -0.0597. The van der Waals surface area contributed by atoms with Gasteiger partial charge < -0.3 is 5.32 Å². The largest absolute Gasteiger partial charge is 0.321 e. The van der Waals surface area contributed by atoms with Crippen LogP contribution in [0.25, 0.3) is 22.6 Å². The molecule has 4 rings (SSSR count). The Labute approximate surface area is 134 Å². The molecule has 102 valence electrons. The molecular weight excluding hydrogens is 377 g/mol. The summed E-state index contributed by atoms with van der Waals surface area (Å²) in [7, 11) is 0. The van der Waals surface area contributed by atoms with Crippen molar-refractivity contribution < 1.29 is 4.79 Å². The summed E-state index contributed by atoms with van der Waals surface area (Å²) in [6.07, 6.45) is 1.91. The lowest BCUT2D eigenvalue weighted by Crippen LogP contribution is -2.03. The molecule has 1 aliphatic rings. The summed E-state index contributed by atoms with van der Waals surface area (Å²) in [5, 5.41) is 11.1. The van der Waals surface area contributed by atoms with Gasteiger partial charge in [0, 0.05) is 22.2 Å². The van der Waals surface area contributed by atoms with Crippen molar-refractivity contribution in [3.05, 3.63) is 57.3 Å². The Balaban J connectivity index is 1.84. The topological polar surface area (TPSA) is 57.8 Å². The minimum Gasteiger partial charge on any atom is -0.321 e. The molecule has 1 amide bonds. The fourth-order valence-corrected chi connectivity index (χ4v) is 3.13. The number of fused-ring (bicyclic) bond motifs is 2. The highest BCUT2D eigenvalue weighted by Gasteiger charge is 2.23. The number of H-pyrrole nitrogens is 1. The van der Waals surface area contributed by atoms with Crippen LogP contribution in [0.3, 0.4) is 0 Å². The van der Waals surface area contributed by atoms with Gasteiger partial charge in [-0.25, -0.2) is 0 Å². The number of halogens is 1. The number of aromatic amines is 1. The third-order valence-corrected chi connectivity index (χ3v) is 4.38. The fraction of sp³-hybridized carbons (Fsp3) is 0. The number of carbonyl (C=O) groups excluding carboxylic acids is 1. The molecule has 0 atom stereocenters. The van der Waals surface area contributed by atoms with Crippen LogP contribution in [0.2, 0.25) is 0 Å². The summed E-state index contributed by atoms with van der Waals surface area (Å²) in [4.78, 5) is 12.1. The van der Waals surface area contributed by atoms with E-state index in [0.29, 0.717) is 5.57 Å². The van der Waals surface area contributed by atoms with Crippen molar-refractivity contribution in [1.82, 2.24) is 10.2 Å². The van der Waals surface area contributed by atoms with Crippen LogP contribution in [-0.2, 0) is 4.79 Å². The van der Waals surface area contributed by atoms with Crippen molar-refractivity contribution in [3.63, 3.8) is 0 Å². The van der Waals surface area contributed by atoms with Gasteiger partial charge in [-0.15, -0.1) is 0 Å². The number of hydrogen-bond donors (Lipinski definition) is 2. The number of anilines is 1. The average Bonchev–Trinajstić information content (AvgIpc) is 3.01. The van der Waals surface area contributed by atoms with Crippen LogP contribution < -0.4 is 5.32 Å². The van der Waals surface area contributed by atoms with E-state index in [2.05, 4.69) is 38.1 Å². The predicted molar refractivity (Wildman–Crippen MR) is 91.8 cm³/mol. The van der Waals surface area contributed by atoms with Crippen LogP contribution in [0.1, 0.15) is 11.1 Å². The van der Waals surface area contributed by atoms with E-state index in [-0.39, 0.29) is 5.91 Å². The number of nitrogens with zero attached hydrogens (tertiary/aromatic N) is 1. The van der Waals surface area contributed by atoms with Gasteiger partial charge in [0.1, 0.15) is 3.70 Å². The maximum atomic E-state index is 12.1. The lowest BCUT2D eigenvalue weighted by atomic mass is 10.0. The second-order valence-corrected chi connectivity index (χ2v) is 5.90. The molecule has 0 spiro atoms. The number of carbonyl (C=O) groups is 1. The number of benzene rings is 2. The number of aromatic nitrogens is 2. The zero-order valence-electron chi connectivity index (χ0n) is 10.9. The quantitative estimate of drug-likeness (QED) is 0.495. The molecule has 4 nitrogen and oxygen atoms in total. The Bertz CT molecular complexity index is 911. The molecule has 2 aromatic carbocycles. The van der Waals surface area contributed by atoms with Gasteiger partial charge in [-0.3, -0.25) is 9.89 Å². The molecule has 0 bridgehead atoms. The first kappa shape index (κ1) is 12.6. The van der Waals surface area contributed by atoms with E-state index in [1.807, 2.05) is 48.5 Å². The zero-order chi connectivity index (χ0) is 14.4. The van der Waals surface area contributed by atoms with Crippen LogP contribution in [-0.4, -0.2) is 16.1 Å². The molecule has 0 radical (unpaired) electrons. The molecule has 0 unspecified atom stereocenters. The normalized spacial score (nSPS) is 15.5. The third kappa shape index (κ3) is 2.04. The van der Waals surface area contributed by atoms with Gasteiger partial charge in [0.2, 0.25) is 0 Å². The van der Waals surface area contributed by atoms with Gasteiger partial charge in [0.25, 0.3) is 5.91 Å². The molecule has 0 fully saturated rings. The summed E-state index contributed by atoms with van der Waals surface area (Å²) in [5.41, 5.74) is 4.46. The molecule has 1 aromatic heterocycles. The van der Waals surface area contributed by atoms with Crippen LogP contribution in [0.15, 0.2) is 42.5 Å². The summed E-state index contributed by atoms with van der Waals surface area (Å²) < 4.78 is 0.950. The monoisotopic (exact) mass is 387 g/mol. The molecule has 21 heavy (non-hydrogen) atoms. The number of rotatable bonds is 1. The number of nitrogens with one attached hydrogen (secondary N) is 2. The first-order chi connectivity index (χ1) is 10.2. The Morgan fingerprint density at radius 3 is 2.90 bits per heavy atom. The molecular formula is C16H10IN3O. The number of amides is 1. The maximum absolute atomic E-state index is 12.1. The molecule has 0 aliphatic carbocycles. The van der Waals surface area contributed by atoms with Crippen molar-refractivity contribution in [2.75, 3.05) is 5.32 Å². The van der Waals surface area contributed by atoms with Crippen LogP contribution in [0.4, 0.5) is 5.69 Å². The van der Waals surface area contributed by atoms with Gasteiger partial charge in [0.15, 0.2) is 0 Å². The number of hydrogen-bond acceptors (Lipinski definition) is 2. The molecule has 5 heteroatoms. The smallest absolute Gasteiger partial charge is 0.256 e. The van der Waals surface area contributed by atoms with Crippen molar-refractivity contribution in [2.45, 2.75) is 0 Å². The molecule has 1 aliphatic heterocycles. The van der Waals surface area contributed by atoms with Crippen LogP contribution >= 0.6 is 22.6 Å². The lowest BCUT2D eigenvalue weighted by molar-refractivity contribution is -0.110. The molecule has 3 aromatic rings. The van der Waals surface area contributed by atoms with Gasteiger partial charge in [-0.2, -0.15) is 5.10 Å². The first-order valence-electron chi connectivity index (χ1n) is 6.48. The zero-order valence-corrected chi connectivity index (χ0v) is 13.0. The minimum absolute atomic E-state index is 0.0597. The van der Waals surface area contributed by atoms with Gasteiger partial charge in [0.05, 0.1) is 5.52 Å². The predicted octanol–water partition coefficient (Wildman–Crippen LogP) is 3.66. The van der Waals surface area contributed by atoms with E-state index in [1.54, 1.807) is 0 Å². The van der Waals surface area contributed by atoms with Crippen molar-refractivity contribution >= 4 is 56.7 Å². The van der Waals surface area contributed by atoms with E-state index in [0.717, 1.165) is 31.4 Å². The molecule has 0 saturated carbocycles. The summed E-state index contributed by atoms with van der Waals surface area (Å²) in [6.45, 7) is 0. The summed E-state index contributed by atoms with van der Waals surface area (Å²) >= 11 is 2.20. The van der Waals surface area contributed by atoms with E-state index < -0.39 is 0 Å². The first-order valence-corrected chi connectivity index (χ1v) is 7.56. The van der Waals surface area contributed by atoms with E-state index in [9.17, 15) is 4.79 Å². The van der Waals surface area contributed by atoms with Gasteiger partial charge in [-0.1, -0.05) is 24.3 Å². The van der Waals surface area contributed by atoms with Crippen LogP contribution in [0, 0.1) is 3.70 Å². The highest BCUT2D eigenvalue weighted by Crippen LogP contribution is 2.33. The molecule has 2 heterocycles. The highest BCUT2D eigenvalue weighted by atomic mass is 127. The van der Waals surface area contributed by atoms with E-state index in [4.69, 9.17) is 0 Å². The Morgan fingerprint density at radius 1 is 1.14 bits per heavy atom. The Morgan fingerprint density at radius 2 is 2.00 bits per heavy atom. The Hall–Kier alpha value is -2.15. The van der Waals surface area contributed by atoms with Crippen molar-refractivity contribution in [3.8, 4) is 0 Å².